The predicted octanol–water partition coefficient (Wildman–Crippen LogP) is 5.90. The number of fused-ring (bicyclic) bond motifs is 1. The molecule has 1 aromatic heterocycles. The van der Waals surface area contributed by atoms with Crippen molar-refractivity contribution in [3.8, 4) is 11.4 Å². The van der Waals surface area contributed by atoms with Crippen LogP contribution in [0.1, 0.15) is 11.1 Å². The Morgan fingerprint density at radius 2 is 1.62 bits per heavy atom. The van der Waals surface area contributed by atoms with E-state index in [4.69, 9.17) is 4.74 Å². The molecule has 0 saturated heterocycles. The van der Waals surface area contributed by atoms with Crippen LogP contribution in [0.25, 0.3) is 16.6 Å². The average Bonchev–Trinajstić information content (AvgIpc) is 3.09. The summed E-state index contributed by atoms with van der Waals surface area (Å²) < 4.78 is 7.31. The predicted molar refractivity (Wildman–Crippen MR) is 118 cm³/mol. The quantitative estimate of drug-likeness (QED) is 0.459. The van der Waals surface area contributed by atoms with Gasteiger partial charge in [0.25, 0.3) is 0 Å². The molecule has 0 aliphatic rings. The molecule has 4 rings (SSSR count). The van der Waals surface area contributed by atoms with E-state index in [0.29, 0.717) is 0 Å². The van der Waals surface area contributed by atoms with Gasteiger partial charge in [0.1, 0.15) is 5.75 Å². The number of nitrogens with zero attached hydrogens (tertiary/aromatic N) is 1. The molecule has 0 spiro atoms. The minimum atomic E-state index is -0.267. The number of benzene rings is 3. The molecule has 3 aromatic carbocycles. The van der Waals surface area contributed by atoms with Gasteiger partial charge in [-0.2, -0.15) is 0 Å². The van der Waals surface area contributed by atoms with Crippen LogP contribution in [0.3, 0.4) is 0 Å². The first-order chi connectivity index (χ1) is 14.0. The van der Waals surface area contributed by atoms with E-state index < -0.39 is 0 Å². The molecule has 0 unspecified atom stereocenters. The second-order valence-corrected chi connectivity index (χ2v) is 7.03. The number of anilines is 2. The molecule has 0 aliphatic heterocycles. The van der Waals surface area contributed by atoms with E-state index in [1.54, 1.807) is 7.11 Å². The number of nitrogens with one attached hydrogen (secondary N) is 2. The minimum absolute atomic E-state index is 0.267. The molecular formula is C24H23N3O2. The van der Waals surface area contributed by atoms with E-state index >= 15 is 0 Å². The Balaban J connectivity index is 1.65. The molecular weight excluding hydrogens is 362 g/mol. The Kier molecular flexibility index (Phi) is 4.96. The summed E-state index contributed by atoms with van der Waals surface area (Å²) in [6.07, 6.45) is 1.94. The fourth-order valence-corrected chi connectivity index (χ4v) is 3.38. The number of ether oxygens (including phenoxy) is 1. The normalized spacial score (nSPS) is 10.7. The number of carbonyl (C=O) groups is 1. The standard InChI is InChI=1S/C24H23N3O2/c1-16-8-9-17(2)21(14-16)25-24(28)26-22-15-27(23-7-5-4-6-20(22)23)18-10-12-19(29-3)13-11-18/h4-15H,1-3H3,(H2,25,26,28). The summed E-state index contributed by atoms with van der Waals surface area (Å²) in [4.78, 5) is 12.7. The highest BCUT2D eigenvalue weighted by Gasteiger charge is 2.13. The topological polar surface area (TPSA) is 55.3 Å². The van der Waals surface area contributed by atoms with Crippen molar-refractivity contribution in [1.29, 1.82) is 0 Å². The highest BCUT2D eigenvalue weighted by atomic mass is 16.5. The van der Waals surface area contributed by atoms with Gasteiger partial charge in [-0.3, -0.25) is 0 Å². The monoisotopic (exact) mass is 385 g/mol. The van der Waals surface area contributed by atoms with Gasteiger partial charge in [-0.15, -0.1) is 0 Å². The summed E-state index contributed by atoms with van der Waals surface area (Å²) in [5.41, 5.74) is 5.68. The van der Waals surface area contributed by atoms with Gasteiger partial charge in [0, 0.05) is 23.0 Å². The number of urea groups is 1. The van der Waals surface area contributed by atoms with Gasteiger partial charge in [0.05, 0.1) is 18.3 Å². The van der Waals surface area contributed by atoms with Gasteiger partial charge in [-0.1, -0.05) is 30.3 Å². The fourth-order valence-electron chi connectivity index (χ4n) is 3.38. The Bertz CT molecular complexity index is 1180. The Labute approximate surface area is 169 Å². The molecule has 0 radical (unpaired) electrons. The third-order valence-corrected chi connectivity index (χ3v) is 4.95. The van der Waals surface area contributed by atoms with Crippen molar-refractivity contribution in [1.82, 2.24) is 4.57 Å². The summed E-state index contributed by atoms with van der Waals surface area (Å²) in [6.45, 7) is 3.98. The summed E-state index contributed by atoms with van der Waals surface area (Å²) in [7, 11) is 1.65. The first-order valence-electron chi connectivity index (χ1n) is 9.45. The van der Waals surface area contributed by atoms with Gasteiger partial charge >= 0.3 is 6.03 Å². The Morgan fingerprint density at radius 3 is 2.38 bits per heavy atom. The molecule has 0 bridgehead atoms. The molecule has 1 heterocycles. The third kappa shape index (κ3) is 3.80. The minimum Gasteiger partial charge on any atom is -0.497 e. The molecule has 0 saturated carbocycles. The van der Waals surface area contributed by atoms with Crippen LogP contribution in [0.2, 0.25) is 0 Å². The van der Waals surface area contributed by atoms with Gasteiger partial charge in [-0.05, 0) is 61.4 Å². The highest BCUT2D eigenvalue weighted by Crippen LogP contribution is 2.29. The van der Waals surface area contributed by atoms with Gasteiger partial charge in [0.15, 0.2) is 0 Å². The van der Waals surface area contributed by atoms with Crippen LogP contribution >= 0.6 is 0 Å². The van der Waals surface area contributed by atoms with Crippen LogP contribution in [0.5, 0.6) is 5.75 Å². The first-order valence-corrected chi connectivity index (χ1v) is 9.45. The molecule has 4 aromatic rings. The lowest BCUT2D eigenvalue weighted by Gasteiger charge is -2.10. The van der Waals surface area contributed by atoms with Gasteiger partial charge < -0.3 is 19.9 Å². The average molecular weight is 385 g/mol. The zero-order chi connectivity index (χ0) is 20.4. The van der Waals surface area contributed by atoms with E-state index in [0.717, 1.165) is 44.8 Å². The fraction of sp³-hybridized carbons (Fsp3) is 0.125. The lowest BCUT2D eigenvalue weighted by Crippen LogP contribution is -2.19. The zero-order valence-corrected chi connectivity index (χ0v) is 16.7. The number of hydrogen-bond donors (Lipinski definition) is 2. The van der Waals surface area contributed by atoms with Crippen molar-refractivity contribution in [2.75, 3.05) is 17.7 Å². The van der Waals surface area contributed by atoms with E-state index in [9.17, 15) is 4.79 Å². The highest BCUT2D eigenvalue weighted by molar-refractivity contribution is 6.06. The number of amides is 2. The molecule has 29 heavy (non-hydrogen) atoms. The van der Waals surface area contributed by atoms with Crippen LogP contribution in [0, 0.1) is 13.8 Å². The van der Waals surface area contributed by atoms with E-state index in [1.165, 1.54) is 0 Å². The smallest absolute Gasteiger partial charge is 0.323 e. The number of hydrogen-bond acceptors (Lipinski definition) is 2. The number of rotatable bonds is 4. The van der Waals surface area contributed by atoms with Crippen LogP contribution in [-0.2, 0) is 0 Å². The molecule has 146 valence electrons. The van der Waals surface area contributed by atoms with E-state index in [-0.39, 0.29) is 6.03 Å². The maximum atomic E-state index is 12.7. The van der Waals surface area contributed by atoms with Crippen molar-refractivity contribution in [3.05, 3.63) is 84.1 Å². The second kappa shape index (κ2) is 7.72. The van der Waals surface area contributed by atoms with Crippen molar-refractivity contribution < 1.29 is 9.53 Å². The summed E-state index contributed by atoms with van der Waals surface area (Å²) in [5, 5.41) is 6.92. The lowest BCUT2D eigenvalue weighted by molar-refractivity contribution is 0.262. The maximum Gasteiger partial charge on any atom is 0.323 e. The number of para-hydroxylation sites is 1. The molecule has 0 aliphatic carbocycles. The number of carbonyl (C=O) groups excluding carboxylic acids is 1. The van der Waals surface area contributed by atoms with Crippen molar-refractivity contribution in [3.63, 3.8) is 0 Å². The number of methoxy groups -OCH3 is 1. The Hall–Kier alpha value is -3.73. The zero-order valence-electron chi connectivity index (χ0n) is 16.7. The Morgan fingerprint density at radius 1 is 0.897 bits per heavy atom. The van der Waals surface area contributed by atoms with Crippen molar-refractivity contribution >= 4 is 28.3 Å². The maximum absolute atomic E-state index is 12.7. The largest absolute Gasteiger partial charge is 0.497 e. The summed E-state index contributed by atoms with van der Waals surface area (Å²) >= 11 is 0. The molecule has 2 amide bonds. The van der Waals surface area contributed by atoms with Crippen LogP contribution in [-0.4, -0.2) is 17.7 Å². The first kappa shape index (κ1) is 18.6. The SMILES string of the molecule is COc1ccc(-n2cc(NC(=O)Nc3cc(C)ccc3C)c3ccccc32)cc1. The summed E-state index contributed by atoms with van der Waals surface area (Å²) in [6, 6.07) is 21.5. The van der Waals surface area contributed by atoms with Crippen molar-refractivity contribution in [2.24, 2.45) is 0 Å². The molecule has 5 nitrogen and oxygen atoms in total. The summed E-state index contributed by atoms with van der Waals surface area (Å²) in [5.74, 6) is 0.802. The molecule has 0 fully saturated rings. The van der Waals surface area contributed by atoms with Crippen molar-refractivity contribution in [2.45, 2.75) is 13.8 Å². The van der Waals surface area contributed by atoms with Gasteiger partial charge in [0.2, 0.25) is 0 Å². The van der Waals surface area contributed by atoms with E-state index in [1.807, 2.05) is 86.8 Å². The van der Waals surface area contributed by atoms with Gasteiger partial charge in [-0.25, -0.2) is 4.79 Å². The molecule has 0 atom stereocenters. The van der Waals surface area contributed by atoms with Crippen LogP contribution in [0.4, 0.5) is 16.2 Å². The van der Waals surface area contributed by atoms with E-state index in [2.05, 4.69) is 15.2 Å². The van der Waals surface area contributed by atoms with Crippen LogP contribution in [0.15, 0.2) is 72.9 Å². The molecule has 2 N–H and O–H groups in total. The second-order valence-electron chi connectivity index (χ2n) is 7.03. The molecule has 5 heteroatoms. The lowest BCUT2D eigenvalue weighted by atomic mass is 10.1. The third-order valence-electron chi connectivity index (χ3n) is 4.95. The number of aryl methyl sites for hydroxylation is 2. The number of aromatic nitrogens is 1. The van der Waals surface area contributed by atoms with Crippen LogP contribution < -0.4 is 15.4 Å².